The molecule has 0 aliphatic carbocycles. The van der Waals surface area contributed by atoms with Crippen LogP contribution < -0.4 is 0 Å². The molecule has 0 amide bonds. The molecule has 1 rings (SSSR count). The zero-order valence-electron chi connectivity index (χ0n) is 17.0. The molecule has 6 heteroatoms. The first-order valence-corrected chi connectivity index (χ1v) is 9.27. The van der Waals surface area contributed by atoms with Crippen molar-refractivity contribution in [1.82, 2.24) is 0 Å². The lowest BCUT2D eigenvalue weighted by molar-refractivity contribution is 0.0410. The summed E-state index contributed by atoms with van der Waals surface area (Å²) in [6.07, 6.45) is 0. The molecule has 0 aromatic heterocycles. The van der Waals surface area contributed by atoms with Gasteiger partial charge in [-0.05, 0) is 36.0 Å². The van der Waals surface area contributed by atoms with Crippen molar-refractivity contribution in [3.63, 3.8) is 0 Å². The molecule has 0 unspecified atom stereocenters. The highest BCUT2D eigenvalue weighted by molar-refractivity contribution is 6.05. The predicted octanol–water partition coefficient (Wildman–Crippen LogP) is 4.13. The number of ether oxygens (including phenoxy) is 3. The fraction of sp³-hybridized carbons (Fsp3) is 0.571. The molecule has 0 heterocycles. The van der Waals surface area contributed by atoms with Gasteiger partial charge in [0.25, 0.3) is 0 Å². The Bertz CT molecular complexity index is 661. The summed E-state index contributed by atoms with van der Waals surface area (Å²) >= 11 is 0. The zero-order chi connectivity index (χ0) is 20.6. The maximum atomic E-state index is 12.5. The maximum absolute atomic E-state index is 12.5. The molecule has 1 aromatic rings. The van der Waals surface area contributed by atoms with Crippen LogP contribution >= 0.6 is 0 Å². The number of hydrogen-bond donors (Lipinski definition) is 0. The molecule has 0 spiro atoms. The lowest BCUT2D eigenvalue weighted by atomic mass is 10.0. The second-order valence-corrected chi connectivity index (χ2v) is 7.74. The summed E-state index contributed by atoms with van der Waals surface area (Å²) < 4.78 is 15.7. The third-order valence-electron chi connectivity index (χ3n) is 3.34. The Hall–Kier alpha value is -2.37. The lowest BCUT2D eigenvalue weighted by Gasteiger charge is -2.13. The topological polar surface area (TPSA) is 78.9 Å². The molecule has 0 aliphatic rings. The van der Waals surface area contributed by atoms with Crippen molar-refractivity contribution in [2.24, 2.45) is 17.8 Å². The van der Waals surface area contributed by atoms with Crippen molar-refractivity contribution >= 4 is 17.9 Å². The van der Waals surface area contributed by atoms with Crippen LogP contribution in [0.3, 0.4) is 0 Å². The molecule has 150 valence electrons. The van der Waals surface area contributed by atoms with Gasteiger partial charge in [0.05, 0.1) is 36.5 Å². The summed E-state index contributed by atoms with van der Waals surface area (Å²) in [6, 6.07) is 4.19. The van der Waals surface area contributed by atoms with Crippen LogP contribution in [0, 0.1) is 17.8 Å². The molecule has 0 atom stereocenters. The molecule has 0 aliphatic heterocycles. The minimum atomic E-state index is -0.668. The van der Waals surface area contributed by atoms with Gasteiger partial charge in [-0.2, -0.15) is 0 Å². The van der Waals surface area contributed by atoms with Crippen LogP contribution in [0.2, 0.25) is 0 Å². The smallest absolute Gasteiger partial charge is 0.339 e. The molecule has 0 saturated heterocycles. The van der Waals surface area contributed by atoms with Gasteiger partial charge in [0, 0.05) is 0 Å². The summed E-state index contributed by atoms with van der Waals surface area (Å²) in [5.74, 6) is -1.35. The average molecular weight is 378 g/mol. The molecule has 0 saturated carbocycles. The molecule has 0 fully saturated rings. The Labute approximate surface area is 161 Å². The summed E-state index contributed by atoms with van der Waals surface area (Å²) in [6.45, 7) is 12.2. The molecule has 6 nitrogen and oxygen atoms in total. The number of benzene rings is 1. The highest BCUT2D eigenvalue weighted by atomic mass is 16.5. The molecule has 27 heavy (non-hydrogen) atoms. The fourth-order valence-corrected chi connectivity index (χ4v) is 1.98. The van der Waals surface area contributed by atoms with Crippen LogP contribution in [0.4, 0.5) is 0 Å². The second-order valence-electron chi connectivity index (χ2n) is 7.74. The number of rotatable bonds is 9. The minimum absolute atomic E-state index is 0.00315. The Morgan fingerprint density at radius 1 is 0.667 bits per heavy atom. The van der Waals surface area contributed by atoms with Crippen molar-refractivity contribution in [2.75, 3.05) is 19.8 Å². The van der Waals surface area contributed by atoms with Crippen LogP contribution in [-0.2, 0) is 14.2 Å². The summed E-state index contributed by atoms with van der Waals surface area (Å²) in [5, 5.41) is 0. The van der Waals surface area contributed by atoms with Gasteiger partial charge in [0.15, 0.2) is 0 Å². The number of esters is 3. The van der Waals surface area contributed by atoms with Gasteiger partial charge in [-0.15, -0.1) is 0 Å². The molecular weight excluding hydrogens is 348 g/mol. The third-order valence-corrected chi connectivity index (χ3v) is 3.34. The van der Waals surface area contributed by atoms with Crippen LogP contribution in [0.1, 0.15) is 72.6 Å². The van der Waals surface area contributed by atoms with E-state index in [0.717, 1.165) is 0 Å². The van der Waals surface area contributed by atoms with Gasteiger partial charge in [-0.25, -0.2) is 14.4 Å². The van der Waals surface area contributed by atoms with Gasteiger partial charge >= 0.3 is 17.9 Å². The Balaban J connectivity index is 3.12. The summed E-state index contributed by atoms with van der Waals surface area (Å²) in [4.78, 5) is 37.0. The van der Waals surface area contributed by atoms with Crippen molar-refractivity contribution in [1.29, 1.82) is 0 Å². The number of carbonyl (C=O) groups is 3. The van der Waals surface area contributed by atoms with Crippen molar-refractivity contribution in [3.05, 3.63) is 34.9 Å². The first kappa shape index (κ1) is 22.7. The van der Waals surface area contributed by atoms with Crippen molar-refractivity contribution < 1.29 is 28.6 Å². The quantitative estimate of drug-likeness (QED) is 0.475. The predicted molar refractivity (Wildman–Crippen MR) is 102 cm³/mol. The van der Waals surface area contributed by atoms with E-state index in [1.54, 1.807) is 0 Å². The standard InChI is InChI=1S/C21H30O6/c1-13(2)10-25-19(22)16-7-8-17(20(23)26-11-14(3)4)18(9-16)21(24)27-12-15(5)6/h7-9,13-15H,10-12H2,1-6H3. The first-order chi connectivity index (χ1) is 12.6. The van der Waals surface area contributed by atoms with Crippen molar-refractivity contribution in [2.45, 2.75) is 41.5 Å². The largest absolute Gasteiger partial charge is 0.462 e. The van der Waals surface area contributed by atoms with Gasteiger partial charge in [-0.3, -0.25) is 0 Å². The van der Waals surface area contributed by atoms with E-state index in [0.29, 0.717) is 0 Å². The lowest BCUT2D eigenvalue weighted by Crippen LogP contribution is -2.19. The van der Waals surface area contributed by atoms with E-state index < -0.39 is 17.9 Å². The summed E-state index contributed by atoms with van der Waals surface area (Å²) in [7, 11) is 0. The van der Waals surface area contributed by atoms with Crippen molar-refractivity contribution in [3.8, 4) is 0 Å². The van der Waals surface area contributed by atoms with E-state index in [9.17, 15) is 14.4 Å². The van der Waals surface area contributed by atoms with Gasteiger partial charge in [-0.1, -0.05) is 41.5 Å². The average Bonchev–Trinajstić information content (AvgIpc) is 2.61. The second kappa shape index (κ2) is 10.7. The molecule has 0 radical (unpaired) electrons. The molecule has 1 aromatic carbocycles. The first-order valence-electron chi connectivity index (χ1n) is 9.27. The molecular formula is C21H30O6. The van der Waals surface area contributed by atoms with E-state index in [-0.39, 0.29) is 54.3 Å². The highest BCUT2D eigenvalue weighted by Crippen LogP contribution is 2.17. The molecule has 0 N–H and O–H groups in total. The summed E-state index contributed by atoms with van der Waals surface area (Å²) in [5.41, 5.74) is 0.265. The van der Waals surface area contributed by atoms with E-state index in [1.807, 2.05) is 41.5 Å². The Morgan fingerprint density at radius 3 is 1.52 bits per heavy atom. The van der Waals surface area contributed by atoms with E-state index >= 15 is 0 Å². The molecule has 0 bridgehead atoms. The monoisotopic (exact) mass is 378 g/mol. The van der Waals surface area contributed by atoms with E-state index in [4.69, 9.17) is 14.2 Å². The van der Waals surface area contributed by atoms with Crippen LogP contribution in [-0.4, -0.2) is 37.7 Å². The van der Waals surface area contributed by atoms with E-state index in [2.05, 4.69) is 0 Å². The maximum Gasteiger partial charge on any atom is 0.339 e. The van der Waals surface area contributed by atoms with Crippen LogP contribution in [0.15, 0.2) is 18.2 Å². The van der Waals surface area contributed by atoms with Crippen LogP contribution in [0.25, 0.3) is 0 Å². The van der Waals surface area contributed by atoms with Gasteiger partial charge in [0.2, 0.25) is 0 Å². The number of carbonyl (C=O) groups excluding carboxylic acids is 3. The third kappa shape index (κ3) is 7.81. The highest BCUT2D eigenvalue weighted by Gasteiger charge is 2.23. The van der Waals surface area contributed by atoms with Gasteiger partial charge in [0.1, 0.15) is 0 Å². The Kier molecular flexibility index (Phi) is 8.98. The zero-order valence-corrected chi connectivity index (χ0v) is 17.0. The SMILES string of the molecule is CC(C)COC(=O)c1ccc(C(=O)OCC(C)C)c(C(=O)OCC(C)C)c1. The fourth-order valence-electron chi connectivity index (χ4n) is 1.98. The normalized spacial score (nSPS) is 11.0. The Morgan fingerprint density at radius 2 is 1.07 bits per heavy atom. The van der Waals surface area contributed by atoms with Crippen LogP contribution in [0.5, 0.6) is 0 Å². The minimum Gasteiger partial charge on any atom is -0.462 e. The van der Waals surface area contributed by atoms with E-state index in [1.165, 1.54) is 18.2 Å². The van der Waals surface area contributed by atoms with Gasteiger partial charge < -0.3 is 14.2 Å². The number of hydrogen-bond acceptors (Lipinski definition) is 6.